The number of thioether (sulfide) groups is 1. The number of fused-ring (bicyclic) bond motifs is 1. The highest BCUT2D eigenvalue weighted by Crippen LogP contribution is 2.41. The number of furan rings is 1. The number of carbonyl (C=O) groups excluding carboxylic acids is 2. The second-order valence-corrected chi connectivity index (χ2v) is 7.50. The predicted molar refractivity (Wildman–Crippen MR) is 104 cm³/mol. The number of nitrogens with zero attached hydrogens (tertiary/aromatic N) is 1. The van der Waals surface area contributed by atoms with Gasteiger partial charge in [-0.3, -0.25) is 4.79 Å². The quantitative estimate of drug-likeness (QED) is 0.636. The first-order valence-corrected chi connectivity index (χ1v) is 9.77. The monoisotopic (exact) mass is 381 g/mol. The molecule has 1 fully saturated rings. The molecule has 5 nitrogen and oxygen atoms in total. The van der Waals surface area contributed by atoms with Gasteiger partial charge in [0.1, 0.15) is 23.8 Å². The number of rotatable bonds is 4. The van der Waals surface area contributed by atoms with Gasteiger partial charge in [-0.05, 0) is 28.5 Å². The smallest absolute Gasteiger partial charge is 0.330 e. The molecule has 1 amide bonds. The summed E-state index contributed by atoms with van der Waals surface area (Å²) in [7, 11) is 0. The zero-order chi connectivity index (χ0) is 18.8. The first kappa shape index (κ1) is 17.7. The van der Waals surface area contributed by atoms with Crippen LogP contribution in [0.1, 0.15) is 23.6 Å². The van der Waals surface area contributed by atoms with Crippen molar-refractivity contribution in [2.75, 3.05) is 5.75 Å². The van der Waals surface area contributed by atoms with Gasteiger partial charge in [-0.25, -0.2) is 4.79 Å². The number of amides is 1. The zero-order valence-corrected chi connectivity index (χ0v) is 15.6. The largest absolute Gasteiger partial charge is 0.466 e. The Hall–Kier alpha value is -2.73. The van der Waals surface area contributed by atoms with E-state index in [1.807, 2.05) is 48.5 Å². The highest BCUT2D eigenvalue weighted by Gasteiger charge is 2.43. The van der Waals surface area contributed by atoms with Crippen LogP contribution in [0.5, 0.6) is 0 Å². The molecule has 2 aromatic carbocycles. The van der Waals surface area contributed by atoms with Crippen molar-refractivity contribution in [3.63, 3.8) is 0 Å². The van der Waals surface area contributed by atoms with Gasteiger partial charge in [0.05, 0.1) is 6.26 Å². The van der Waals surface area contributed by atoms with Crippen LogP contribution in [0, 0.1) is 0 Å². The molecule has 0 bridgehead atoms. The van der Waals surface area contributed by atoms with E-state index in [9.17, 15) is 9.59 Å². The third-order valence-electron chi connectivity index (χ3n) is 4.67. The molecule has 0 spiro atoms. The van der Waals surface area contributed by atoms with Crippen LogP contribution >= 0.6 is 11.8 Å². The molecule has 6 heteroatoms. The molecule has 0 unspecified atom stereocenters. The SMILES string of the molecule is CC(=O)N1[C@@H](C(=O)OCc2cccc3ccccc23)CS[C@@H]1c1ccco1. The van der Waals surface area contributed by atoms with E-state index in [0.29, 0.717) is 11.5 Å². The maximum absolute atomic E-state index is 12.7. The molecule has 1 aliphatic rings. The van der Waals surface area contributed by atoms with Crippen molar-refractivity contribution in [3.8, 4) is 0 Å². The second-order valence-electron chi connectivity index (χ2n) is 6.39. The van der Waals surface area contributed by atoms with Crippen LogP contribution in [-0.2, 0) is 20.9 Å². The highest BCUT2D eigenvalue weighted by molar-refractivity contribution is 7.99. The second kappa shape index (κ2) is 7.48. The van der Waals surface area contributed by atoms with Gasteiger partial charge in [0, 0.05) is 12.7 Å². The maximum atomic E-state index is 12.7. The predicted octanol–water partition coefficient (Wildman–Crippen LogP) is 4.14. The summed E-state index contributed by atoms with van der Waals surface area (Å²) in [4.78, 5) is 26.5. The summed E-state index contributed by atoms with van der Waals surface area (Å²) >= 11 is 1.51. The summed E-state index contributed by atoms with van der Waals surface area (Å²) in [6, 6.07) is 16.9. The van der Waals surface area contributed by atoms with E-state index in [2.05, 4.69) is 0 Å². The third-order valence-corrected chi connectivity index (χ3v) is 5.96. The molecule has 2 atom stereocenters. The number of benzene rings is 2. The van der Waals surface area contributed by atoms with E-state index in [1.54, 1.807) is 17.2 Å². The van der Waals surface area contributed by atoms with Gasteiger partial charge >= 0.3 is 5.97 Å². The van der Waals surface area contributed by atoms with E-state index in [1.165, 1.54) is 18.7 Å². The molecule has 27 heavy (non-hydrogen) atoms. The van der Waals surface area contributed by atoms with E-state index < -0.39 is 6.04 Å². The first-order chi connectivity index (χ1) is 13.1. The van der Waals surface area contributed by atoms with Crippen LogP contribution in [0.25, 0.3) is 10.8 Å². The van der Waals surface area contributed by atoms with Crippen LogP contribution < -0.4 is 0 Å². The molecule has 138 valence electrons. The Labute approximate surface area is 161 Å². The van der Waals surface area contributed by atoms with E-state index >= 15 is 0 Å². The van der Waals surface area contributed by atoms with Gasteiger partial charge in [0.25, 0.3) is 0 Å². The van der Waals surface area contributed by atoms with Crippen LogP contribution in [0.3, 0.4) is 0 Å². The average Bonchev–Trinajstić information content (AvgIpc) is 3.35. The van der Waals surface area contributed by atoms with Crippen molar-refractivity contribution < 1.29 is 18.7 Å². The van der Waals surface area contributed by atoms with Gasteiger partial charge < -0.3 is 14.1 Å². The molecule has 0 radical (unpaired) electrons. The molecule has 1 saturated heterocycles. The van der Waals surface area contributed by atoms with Gasteiger partial charge in [-0.2, -0.15) is 0 Å². The molecular formula is C21H19NO4S. The van der Waals surface area contributed by atoms with Crippen molar-refractivity contribution >= 4 is 34.4 Å². The summed E-state index contributed by atoms with van der Waals surface area (Å²) in [6.45, 7) is 1.64. The lowest BCUT2D eigenvalue weighted by atomic mass is 10.1. The van der Waals surface area contributed by atoms with Gasteiger partial charge in [-0.1, -0.05) is 42.5 Å². The highest BCUT2D eigenvalue weighted by atomic mass is 32.2. The van der Waals surface area contributed by atoms with Crippen LogP contribution in [0.15, 0.2) is 65.3 Å². The van der Waals surface area contributed by atoms with Crippen molar-refractivity contribution in [3.05, 3.63) is 72.2 Å². The standard InChI is InChI=1S/C21H19NO4S/c1-14(23)22-18(13-27-20(22)19-10-5-11-25-19)21(24)26-12-16-8-4-7-15-6-2-3-9-17(15)16/h2-11,18,20H,12-13H2,1H3/t18-,20-/m1/s1. The summed E-state index contributed by atoms with van der Waals surface area (Å²) < 4.78 is 11.0. The zero-order valence-electron chi connectivity index (χ0n) is 14.8. The van der Waals surface area contributed by atoms with Crippen LogP contribution in [0.2, 0.25) is 0 Å². The molecule has 3 aromatic rings. The van der Waals surface area contributed by atoms with Gasteiger partial charge in [0.15, 0.2) is 0 Å². The van der Waals surface area contributed by atoms with Crippen molar-refractivity contribution in [1.82, 2.24) is 4.90 Å². The summed E-state index contributed by atoms with van der Waals surface area (Å²) in [6.07, 6.45) is 1.57. The number of hydrogen-bond acceptors (Lipinski definition) is 5. The third kappa shape index (κ3) is 3.45. The molecule has 4 rings (SSSR count). The lowest BCUT2D eigenvalue weighted by Gasteiger charge is -2.25. The fourth-order valence-electron chi connectivity index (χ4n) is 3.39. The molecule has 1 aromatic heterocycles. The molecule has 0 aliphatic carbocycles. The minimum absolute atomic E-state index is 0.173. The Morgan fingerprint density at radius 1 is 1.15 bits per heavy atom. The average molecular weight is 381 g/mol. The summed E-state index contributed by atoms with van der Waals surface area (Å²) in [5.74, 6) is 0.590. The van der Waals surface area contributed by atoms with E-state index in [0.717, 1.165) is 16.3 Å². The fourth-order valence-corrected chi connectivity index (χ4v) is 4.80. The molecule has 0 N–H and O–H groups in total. The molecular weight excluding hydrogens is 362 g/mol. The fraction of sp³-hybridized carbons (Fsp3) is 0.238. The molecule has 1 aliphatic heterocycles. The number of hydrogen-bond donors (Lipinski definition) is 0. The molecule has 2 heterocycles. The number of ether oxygens (including phenoxy) is 1. The van der Waals surface area contributed by atoms with Crippen molar-refractivity contribution in [1.29, 1.82) is 0 Å². The van der Waals surface area contributed by atoms with Crippen molar-refractivity contribution in [2.45, 2.75) is 24.9 Å². The molecule has 0 saturated carbocycles. The lowest BCUT2D eigenvalue weighted by Crippen LogP contribution is -2.42. The van der Waals surface area contributed by atoms with E-state index in [4.69, 9.17) is 9.15 Å². The Balaban J connectivity index is 1.50. The van der Waals surface area contributed by atoms with Crippen LogP contribution in [-0.4, -0.2) is 28.6 Å². The Morgan fingerprint density at radius 3 is 2.74 bits per heavy atom. The lowest BCUT2D eigenvalue weighted by molar-refractivity contribution is -0.154. The minimum atomic E-state index is -0.613. The van der Waals surface area contributed by atoms with Gasteiger partial charge in [-0.15, -0.1) is 11.8 Å². The normalized spacial score (nSPS) is 19.4. The number of carbonyl (C=O) groups is 2. The Kier molecular flexibility index (Phi) is 4.90. The maximum Gasteiger partial charge on any atom is 0.330 e. The van der Waals surface area contributed by atoms with Crippen molar-refractivity contribution in [2.24, 2.45) is 0 Å². The minimum Gasteiger partial charge on any atom is -0.466 e. The first-order valence-electron chi connectivity index (χ1n) is 8.72. The topological polar surface area (TPSA) is 59.8 Å². The number of esters is 1. The Bertz CT molecular complexity index is 964. The summed E-state index contributed by atoms with van der Waals surface area (Å²) in [5.41, 5.74) is 0.948. The summed E-state index contributed by atoms with van der Waals surface area (Å²) in [5, 5.41) is 1.86. The van der Waals surface area contributed by atoms with Gasteiger partial charge in [0.2, 0.25) is 5.91 Å². The van der Waals surface area contributed by atoms with Crippen LogP contribution in [0.4, 0.5) is 0 Å². The van der Waals surface area contributed by atoms with E-state index in [-0.39, 0.29) is 23.9 Å². The Morgan fingerprint density at radius 2 is 1.96 bits per heavy atom.